The summed E-state index contributed by atoms with van der Waals surface area (Å²) < 4.78 is 1.84. The van der Waals surface area contributed by atoms with Crippen LogP contribution in [0.1, 0.15) is 36.1 Å². The highest BCUT2D eigenvalue weighted by Crippen LogP contribution is 2.25. The first-order chi connectivity index (χ1) is 9.42. The Labute approximate surface area is 127 Å². The van der Waals surface area contributed by atoms with Crippen molar-refractivity contribution in [3.8, 4) is 5.69 Å². The maximum absolute atomic E-state index is 11.7. The second kappa shape index (κ2) is 5.85. The van der Waals surface area contributed by atoms with E-state index in [0.717, 1.165) is 11.5 Å². The minimum Gasteiger partial charge on any atom is -0.354 e. The molecule has 0 spiro atoms. The first-order valence-electron chi connectivity index (χ1n) is 6.20. The van der Waals surface area contributed by atoms with Crippen LogP contribution in [0.2, 0.25) is 10.0 Å². The zero-order valence-electron chi connectivity index (χ0n) is 11.4. The maximum atomic E-state index is 11.7. The highest BCUT2D eigenvalue weighted by atomic mass is 35.5. The Kier molecular flexibility index (Phi) is 4.35. The third kappa shape index (κ3) is 2.97. The van der Waals surface area contributed by atoms with Gasteiger partial charge >= 0.3 is 0 Å². The van der Waals surface area contributed by atoms with Gasteiger partial charge < -0.3 is 9.88 Å². The maximum Gasteiger partial charge on any atom is 0.271 e. The first kappa shape index (κ1) is 14.9. The van der Waals surface area contributed by atoms with Crippen molar-refractivity contribution in [2.24, 2.45) is 0 Å². The molecule has 1 heterocycles. The molecule has 1 aromatic carbocycles. The Morgan fingerprint density at radius 3 is 2.35 bits per heavy atom. The predicted octanol–water partition coefficient (Wildman–Crippen LogP) is 3.66. The van der Waals surface area contributed by atoms with Crippen LogP contribution in [0.25, 0.3) is 5.69 Å². The fraction of sp³-hybridized carbons (Fsp3) is 0.286. The summed E-state index contributed by atoms with van der Waals surface area (Å²) in [6, 6.07) is 5.24. The lowest BCUT2D eigenvalue weighted by Crippen LogP contribution is -2.18. The van der Waals surface area contributed by atoms with E-state index >= 15 is 0 Å². The van der Waals surface area contributed by atoms with E-state index in [1.807, 2.05) is 18.4 Å². The van der Waals surface area contributed by atoms with E-state index in [1.165, 1.54) is 0 Å². The van der Waals surface area contributed by atoms with Gasteiger partial charge in [-0.2, -0.15) is 0 Å². The van der Waals surface area contributed by atoms with Gasteiger partial charge in [0.2, 0.25) is 0 Å². The van der Waals surface area contributed by atoms with E-state index in [-0.39, 0.29) is 11.8 Å². The van der Waals surface area contributed by atoms with Crippen molar-refractivity contribution in [1.29, 1.82) is 0 Å². The van der Waals surface area contributed by atoms with Gasteiger partial charge in [0.15, 0.2) is 0 Å². The molecule has 4 nitrogen and oxygen atoms in total. The van der Waals surface area contributed by atoms with E-state index in [9.17, 15) is 4.79 Å². The number of halogens is 2. The number of hydrogen-bond acceptors (Lipinski definition) is 2. The molecule has 1 aromatic heterocycles. The van der Waals surface area contributed by atoms with Crippen LogP contribution in [0.5, 0.6) is 0 Å². The molecule has 6 heteroatoms. The molecule has 0 saturated heterocycles. The quantitative estimate of drug-likeness (QED) is 0.940. The second-order valence-corrected chi connectivity index (χ2v) is 5.59. The normalized spacial score (nSPS) is 10.9. The third-order valence-corrected chi connectivity index (χ3v) is 3.27. The van der Waals surface area contributed by atoms with Crippen molar-refractivity contribution < 1.29 is 4.79 Å². The first-order valence-corrected chi connectivity index (χ1v) is 6.95. The topological polar surface area (TPSA) is 46.9 Å². The van der Waals surface area contributed by atoms with Crippen LogP contribution in [0.15, 0.2) is 24.4 Å². The number of nitrogens with one attached hydrogen (secondary N) is 1. The van der Waals surface area contributed by atoms with E-state index < -0.39 is 0 Å². The number of carbonyl (C=O) groups excluding carboxylic acids is 1. The van der Waals surface area contributed by atoms with Crippen molar-refractivity contribution in [2.45, 2.75) is 19.8 Å². The summed E-state index contributed by atoms with van der Waals surface area (Å²) in [6.45, 7) is 4.03. The summed E-state index contributed by atoms with van der Waals surface area (Å²) in [7, 11) is 1.58. The lowest BCUT2D eigenvalue weighted by molar-refractivity contribution is 0.0958. The number of imidazole rings is 1. The molecule has 0 bridgehead atoms. The van der Waals surface area contributed by atoms with Gasteiger partial charge in [0.05, 0.1) is 0 Å². The summed E-state index contributed by atoms with van der Waals surface area (Å²) in [6.07, 6.45) is 1.69. The zero-order chi connectivity index (χ0) is 14.9. The van der Waals surface area contributed by atoms with E-state index in [0.29, 0.717) is 15.7 Å². The van der Waals surface area contributed by atoms with Crippen molar-refractivity contribution in [3.05, 3.63) is 46.0 Å². The highest BCUT2D eigenvalue weighted by molar-refractivity contribution is 6.34. The van der Waals surface area contributed by atoms with Gasteiger partial charge in [-0.05, 0) is 18.2 Å². The molecule has 0 aliphatic heterocycles. The molecule has 2 rings (SSSR count). The number of benzene rings is 1. The number of aromatic nitrogens is 2. The van der Waals surface area contributed by atoms with Crippen LogP contribution in [-0.4, -0.2) is 22.5 Å². The van der Waals surface area contributed by atoms with Crippen molar-refractivity contribution in [1.82, 2.24) is 14.9 Å². The number of rotatable bonds is 3. The fourth-order valence-corrected chi connectivity index (χ4v) is 2.44. The molecule has 2 aromatic rings. The van der Waals surface area contributed by atoms with Gasteiger partial charge in [-0.15, -0.1) is 0 Å². The molecule has 0 aliphatic rings. The average molecular weight is 312 g/mol. The summed E-state index contributed by atoms with van der Waals surface area (Å²) in [5, 5.41) is 3.65. The Morgan fingerprint density at radius 2 is 1.85 bits per heavy atom. The van der Waals surface area contributed by atoms with E-state index in [1.54, 1.807) is 31.4 Å². The van der Waals surface area contributed by atoms with Crippen molar-refractivity contribution in [2.75, 3.05) is 7.05 Å². The van der Waals surface area contributed by atoms with Crippen LogP contribution in [-0.2, 0) is 0 Å². The molecule has 0 unspecified atom stereocenters. The lowest BCUT2D eigenvalue weighted by Gasteiger charge is -2.10. The number of amides is 1. The van der Waals surface area contributed by atoms with Gasteiger partial charge in [-0.1, -0.05) is 37.0 Å². The number of hydrogen-bond donors (Lipinski definition) is 1. The Balaban J connectivity index is 2.59. The third-order valence-electron chi connectivity index (χ3n) is 2.83. The molecule has 20 heavy (non-hydrogen) atoms. The van der Waals surface area contributed by atoms with Gasteiger partial charge in [0.25, 0.3) is 5.91 Å². The Bertz CT molecular complexity index is 630. The van der Waals surface area contributed by atoms with Gasteiger partial charge in [0, 0.05) is 34.9 Å². The summed E-state index contributed by atoms with van der Waals surface area (Å²) in [5.74, 6) is 0.715. The summed E-state index contributed by atoms with van der Waals surface area (Å²) in [4.78, 5) is 16.1. The lowest BCUT2D eigenvalue weighted by atomic mass is 10.2. The molecule has 0 aliphatic carbocycles. The molecule has 0 atom stereocenters. The molecule has 1 N–H and O–H groups in total. The summed E-state index contributed by atoms with van der Waals surface area (Å²) in [5.41, 5.74) is 1.15. The average Bonchev–Trinajstić information content (AvgIpc) is 2.81. The van der Waals surface area contributed by atoms with Crippen LogP contribution in [0.3, 0.4) is 0 Å². The molecule has 0 radical (unpaired) electrons. The molecular formula is C14H15Cl2N3O. The van der Waals surface area contributed by atoms with Crippen molar-refractivity contribution >= 4 is 29.1 Å². The highest BCUT2D eigenvalue weighted by Gasteiger charge is 2.17. The largest absolute Gasteiger partial charge is 0.354 e. The summed E-state index contributed by atoms with van der Waals surface area (Å²) >= 11 is 12.1. The van der Waals surface area contributed by atoms with Crippen LogP contribution in [0.4, 0.5) is 0 Å². The van der Waals surface area contributed by atoms with Gasteiger partial charge in [0.1, 0.15) is 11.5 Å². The second-order valence-electron chi connectivity index (χ2n) is 4.72. The van der Waals surface area contributed by atoms with Gasteiger partial charge in [-0.25, -0.2) is 4.98 Å². The SMILES string of the molecule is CNC(=O)c1cn(-c2cc(Cl)cc(Cl)c2)c(C(C)C)n1. The van der Waals surface area contributed by atoms with Crippen LogP contribution < -0.4 is 5.32 Å². The minimum atomic E-state index is -0.223. The zero-order valence-corrected chi connectivity index (χ0v) is 13.0. The van der Waals surface area contributed by atoms with Crippen LogP contribution in [0, 0.1) is 0 Å². The van der Waals surface area contributed by atoms with E-state index in [2.05, 4.69) is 10.3 Å². The van der Waals surface area contributed by atoms with E-state index in [4.69, 9.17) is 23.2 Å². The molecule has 0 fully saturated rings. The smallest absolute Gasteiger partial charge is 0.271 e. The predicted molar refractivity (Wildman–Crippen MR) is 81.1 cm³/mol. The molecule has 0 saturated carbocycles. The molecular weight excluding hydrogens is 297 g/mol. The Hall–Kier alpha value is -1.52. The monoisotopic (exact) mass is 311 g/mol. The Morgan fingerprint density at radius 1 is 1.25 bits per heavy atom. The number of carbonyl (C=O) groups is 1. The molecule has 106 valence electrons. The van der Waals surface area contributed by atoms with Crippen LogP contribution >= 0.6 is 23.2 Å². The fourth-order valence-electron chi connectivity index (χ4n) is 1.92. The van der Waals surface area contributed by atoms with Crippen molar-refractivity contribution in [3.63, 3.8) is 0 Å². The number of nitrogens with zero attached hydrogens (tertiary/aromatic N) is 2. The standard InChI is InChI=1S/C14H15Cl2N3O/c1-8(2)13-18-12(14(20)17-3)7-19(13)11-5-9(15)4-10(16)6-11/h4-8H,1-3H3,(H,17,20). The minimum absolute atomic E-state index is 0.158. The molecule has 1 amide bonds. The van der Waals surface area contributed by atoms with Gasteiger partial charge in [-0.3, -0.25) is 4.79 Å².